The van der Waals surface area contributed by atoms with Crippen LogP contribution in [0.15, 0.2) is 42.2 Å². The van der Waals surface area contributed by atoms with E-state index in [0.717, 1.165) is 24.8 Å². The largest absolute Gasteiger partial charge is 0.459 e. The molecule has 29 heavy (non-hydrogen) atoms. The van der Waals surface area contributed by atoms with Crippen molar-refractivity contribution in [3.8, 4) is 0 Å². The molecule has 1 heterocycles. The summed E-state index contributed by atoms with van der Waals surface area (Å²) in [4.78, 5) is 15.1. The predicted octanol–water partition coefficient (Wildman–Crippen LogP) is 4.23. The number of nitrogens with zero attached hydrogens (tertiary/aromatic N) is 1. The van der Waals surface area contributed by atoms with E-state index in [4.69, 9.17) is 9.47 Å². The number of likely N-dealkylation sites (N-methyl/N-ethyl adjacent to an activating group) is 1. The Bertz CT molecular complexity index is 669. The summed E-state index contributed by atoms with van der Waals surface area (Å²) < 4.78 is 12.1. The summed E-state index contributed by atoms with van der Waals surface area (Å²) in [5, 5.41) is 9.37. The first-order chi connectivity index (χ1) is 14.2. The van der Waals surface area contributed by atoms with Crippen LogP contribution in [0.1, 0.15) is 63.4 Å². The lowest BCUT2D eigenvalue weighted by Crippen LogP contribution is -2.43. The van der Waals surface area contributed by atoms with Crippen LogP contribution >= 0.6 is 0 Å². The SMILES string of the molecule is CCO[C@@H]1OC(C(=O)N(C)C2CCCCC2)=C[C@H](c2ccccc2)[C@H]1CCCO. The number of allylic oxidation sites excluding steroid dienone is 1. The molecule has 1 aromatic carbocycles. The maximum Gasteiger partial charge on any atom is 0.288 e. The number of amides is 1. The molecular formula is C24H35NO4. The van der Waals surface area contributed by atoms with Gasteiger partial charge in [-0.15, -0.1) is 0 Å². The van der Waals surface area contributed by atoms with Gasteiger partial charge in [0.2, 0.25) is 6.29 Å². The van der Waals surface area contributed by atoms with Crippen LogP contribution < -0.4 is 0 Å². The molecule has 3 atom stereocenters. The lowest BCUT2D eigenvalue weighted by atomic mass is 9.80. The maximum atomic E-state index is 13.3. The van der Waals surface area contributed by atoms with E-state index in [1.165, 1.54) is 19.3 Å². The molecule has 1 amide bonds. The summed E-state index contributed by atoms with van der Waals surface area (Å²) in [6.45, 7) is 2.59. The lowest BCUT2D eigenvalue weighted by molar-refractivity contribution is -0.170. The van der Waals surface area contributed by atoms with Crippen molar-refractivity contribution < 1.29 is 19.4 Å². The Morgan fingerprint density at radius 3 is 2.59 bits per heavy atom. The molecule has 1 aromatic rings. The summed E-state index contributed by atoms with van der Waals surface area (Å²) in [5.74, 6) is 0.418. The summed E-state index contributed by atoms with van der Waals surface area (Å²) in [6, 6.07) is 10.5. The second kappa shape index (κ2) is 10.8. The van der Waals surface area contributed by atoms with Gasteiger partial charge in [0.15, 0.2) is 5.76 Å². The van der Waals surface area contributed by atoms with Crippen LogP contribution in [0, 0.1) is 5.92 Å². The molecule has 1 aliphatic heterocycles. The quantitative estimate of drug-likeness (QED) is 0.708. The highest BCUT2D eigenvalue weighted by molar-refractivity contribution is 5.91. The summed E-state index contributed by atoms with van der Waals surface area (Å²) in [5.41, 5.74) is 1.15. The number of rotatable bonds is 8. The normalized spacial score (nSPS) is 25.2. The van der Waals surface area contributed by atoms with Crippen LogP contribution in [0.3, 0.4) is 0 Å². The van der Waals surface area contributed by atoms with E-state index in [-0.39, 0.29) is 30.4 Å². The molecule has 5 heteroatoms. The molecule has 1 fully saturated rings. The zero-order chi connectivity index (χ0) is 20.6. The Balaban J connectivity index is 1.88. The van der Waals surface area contributed by atoms with Gasteiger partial charge in [-0.25, -0.2) is 0 Å². The lowest BCUT2D eigenvalue weighted by Gasteiger charge is -2.39. The van der Waals surface area contributed by atoms with Gasteiger partial charge in [0, 0.05) is 38.1 Å². The zero-order valence-electron chi connectivity index (χ0n) is 17.8. The number of carbonyl (C=O) groups excluding carboxylic acids is 1. The van der Waals surface area contributed by atoms with Gasteiger partial charge in [-0.1, -0.05) is 49.6 Å². The Morgan fingerprint density at radius 1 is 1.21 bits per heavy atom. The van der Waals surface area contributed by atoms with Gasteiger partial charge >= 0.3 is 0 Å². The third kappa shape index (κ3) is 5.40. The first-order valence-electron chi connectivity index (χ1n) is 11.1. The summed E-state index contributed by atoms with van der Waals surface area (Å²) in [7, 11) is 1.90. The summed E-state index contributed by atoms with van der Waals surface area (Å²) >= 11 is 0. The van der Waals surface area contributed by atoms with Gasteiger partial charge in [0.05, 0.1) is 0 Å². The van der Waals surface area contributed by atoms with Crippen molar-refractivity contribution in [2.24, 2.45) is 5.92 Å². The van der Waals surface area contributed by atoms with Crippen LogP contribution in [0.25, 0.3) is 0 Å². The second-order valence-corrected chi connectivity index (χ2v) is 8.15. The standard InChI is InChI=1S/C24H35NO4/c1-3-28-24-20(15-10-16-26)21(18-11-6-4-7-12-18)17-22(29-24)23(27)25(2)19-13-8-5-9-14-19/h4,6-7,11-12,17,19-21,24,26H,3,5,8-10,13-16H2,1-2H3/t20-,21-,24-/m1/s1. The fraction of sp³-hybridized carbons (Fsp3) is 0.625. The van der Waals surface area contributed by atoms with Crippen molar-refractivity contribution in [1.29, 1.82) is 0 Å². The van der Waals surface area contributed by atoms with E-state index >= 15 is 0 Å². The molecule has 0 radical (unpaired) electrons. The molecule has 0 saturated heterocycles. The van der Waals surface area contributed by atoms with Gasteiger partial charge < -0.3 is 19.5 Å². The highest BCUT2D eigenvalue weighted by atomic mass is 16.7. The minimum atomic E-state index is -0.486. The van der Waals surface area contributed by atoms with E-state index in [0.29, 0.717) is 18.8 Å². The number of ether oxygens (including phenoxy) is 2. The van der Waals surface area contributed by atoms with E-state index in [1.54, 1.807) is 0 Å². The minimum Gasteiger partial charge on any atom is -0.459 e. The third-order valence-electron chi connectivity index (χ3n) is 6.25. The topological polar surface area (TPSA) is 59.0 Å². The number of benzene rings is 1. The van der Waals surface area contributed by atoms with Crippen LogP contribution in [-0.2, 0) is 14.3 Å². The molecule has 1 saturated carbocycles. The Hall–Kier alpha value is -1.85. The van der Waals surface area contributed by atoms with Gasteiger partial charge in [-0.05, 0) is 44.2 Å². The highest BCUT2D eigenvalue weighted by Crippen LogP contribution is 2.40. The highest BCUT2D eigenvalue weighted by Gasteiger charge is 2.39. The molecule has 0 bridgehead atoms. The molecule has 160 valence electrons. The maximum absolute atomic E-state index is 13.3. The molecule has 0 spiro atoms. The molecule has 5 nitrogen and oxygen atoms in total. The van der Waals surface area contributed by atoms with E-state index in [9.17, 15) is 9.90 Å². The fourth-order valence-electron chi connectivity index (χ4n) is 4.62. The fourth-order valence-corrected chi connectivity index (χ4v) is 4.62. The molecular weight excluding hydrogens is 366 g/mol. The monoisotopic (exact) mass is 401 g/mol. The summed E-state index contributed by atoms with van der Waals surface area (Å²) in [6.07, 6.45) is 8.69. The smallest absolute Gasteiger partial charge is 0.288 e. The number of aliphatic hydroxyl groups is 1. The van der Waals surface area contributed by atoms with Crippen molar-refractivity contribution in [1.82, 2.24) is 4.90 Å². The van der Waals surface area contributed by atoms with Crippen molar-refractivity contribution in [3.05, 3.63) is 47.7 Å². The van der Waals surface area contributed by atoms with Crippen LogP contribution in [0.5, 0.6) is 0 Å². The van der Waals surface area contributed by atoms with Crippen molar-refractivity contribution >= 4 is 5.91 Å². The van der Waals surface area contributed by atoms with Gasteiger partial charge in [0.1, 0.15) is 0 Å². The molecule has 2 aliphatic rings. The van der Waals surface area contributed by atoms with E-state index in [1.807, 2.05) is 43.1 Å². The Morgan fingerprint density at radius 2 is 1.93 bits per heavy atom. The first kappa shape index (κ1) is 21.8. The number of carbonyl (C=O) groups is 1. The van der Waals surface area contributed by atoms with Crippen molar-refractivity contribution in [2.45, 2.75) is 70.1 Å². The van der Waals surface area contributed by atoms with Gasteiger partial charge in [0.25, 0.3) is 5.91 Å². The van der Waals surface area contributed by atoms with Crippen molar-refractivity contribution in [2.75, 3.05) is 20.3 Å². The zero-order valence-corrected chi connectivity index (χ0v) is 17.8. The number of aliphatic hydroxyl groups excluding tert-OH is 1. The average molecular weight is 402 g/mol. The Kier molecular flexibility index (Phi) is 8.13. The number of hydrogen-bond donors (Lipinski definition) is 1. The molecule has 0 aromatic heterocycles. The molecule has 0 unspecified atom stereocenters. The van der Waals surface area contributed by atoms with Crippen LogP contribution in [0.2, 0.25) is 0 Å². The molecule has 1 aliphatic carbocycles. The first-order valence-corrected chi connectivity index (χ1v) is 11.1. The van der Waals surface area contributed by atoms with Crippen LogP contribution in [-0.4, -0.2) is 48.5 Å². The number of hydrogen-bond acceptors (Lipinski definition) is 4. The third-order valence-corrected chi connectivity index (χ3v) is 6.25. The van der Waals surface area contributed by atoms with E-state index in [2.05, 4.69) is 12.1 Å². The minimum absolute atomic E-state index is 0.0201. The van der Waals surface area contributed by atoms with E-state index < -0.39 is 6.29 Å². The van der Waals surface area contributed by atoms with Crippen molar-refractivity contribution in [3.63, 3.8) is 0 Å². The van der Waals surface area contributed by atoms with Gasteiger partial charge in [-0.3, -0.25) is 4.79 Å². The molecule has 1 N–H and O–H groups in total. The predicted molar refractivity (Wildman–Crippen MR) is 113 cm³/mol. The Labute approximate surface area is 174 Å². The average Bonchev–Trinajstić information content (AvgIpc) is 2.78. The van der Waals surface area contributed by atoms with Gasteiger partial charge in [-0.2, -0.15) is 0 Å². The van der Waals surface area contributed by atoms with Crippen LogP contribution in [0.4, 0.5) is 0 Å². The molecule has 3 rings (SSSR count). The second-order valence-electron chi connectivity index (χ2n) is 8.15.